The summed E-state index contributed by atoms with van der Waals surface area (Å²) < 4.78 is 15.7. The molecule has 0 bridgehead atoms. The second-order valence-corrected chi connectivity index (χ2v) is 4.79. The van der Waals surface area contributed by atoms with Crippen LogP contribution in [0.4, 0.5) is 4.39 Å². The first-order valence-corrected chi connectivity index (χ1v) is 6.01. The Bertz CT molecular complexity index is 571. The third-order valence-electron chi connectivity index (χ3n) is 2.72. The molecule has 2 aromatic rings. The van der Waals surface area contributed by atoms with Crippen molar-refractivity contribution in [2.45, 2.75) is 13.0 Å². The number of aromatic nitrogens is 2. The van der Waals surface area contributed by atoms with Gasteiger partial charge in [0.25, 0.3) is 0 Å². The molecule has 0 aliphatic rings. The zero-order valence-electron chi connectivity index (χ0n) is 10.0. The first kappa shape index (κ1) is 12.3. The molecule has 0 saturated carbocycles. The first-order valence-electron chi connectivity index (χ1n) is 5.61. The van der Waals surface area contributed by atoms with Crippen LogP contribution in [0, 0.1) is 10.6 Å². The van der Waals surface area contributed by atoms with E-state index in [2.05, 4.69) is 9.88 Å². The number of aryl methyl sites for hydroxylation is 1. The summed E-state index contributed by atoms with van der Waals surface area (Å²) in [5.74, 6) is -0.241. The molecule has 92 valence electrons. The van der Waals surface area contributed by atoms with Gasteiger partial charge in [0.1, 0.15) is 5.82 Å². The summed E-state index contributed by atoms with van der Waals surface area (Å²) in [7, 11) is 4.09. The summed E-state index contributed by atoms with van der Waals surface area (Å²) >= 11 is 5.25. The number of nitrogens with zero attached hydrogens (tertiary/aromatic N) is 2. The summed E-state index contributed by atoms with van der Waals surface area (Å²) in [6.45, 7) is 1.86. The number of fused-ring (bicyclic) bond motifs is 1. The molecule has 0 aliphatic heterocycles. The standard InChI is InChI=1S/C12H16FN3S/c1-15(2)6-3-7-16-11-5-4-9(13)8-10(11)14-12(16)17/h4-5,8H,3,6-7H2,1-2H3,(H,14,17). The number of hydrogen-bond donors (Lipinski definition) is 1. The number of aromatic amines is 1. The van der Waals surface area contributed by atoms with Gasteiger partial charge in [-0.05, 0) is 57.5 Å². The zero-order chi connectivity index (χ0) is 12.4. The molecule has 1 aromatic heterocycles. The molecular formula is C12H16FN3S. The van der Waals surface area contributed by atoms with Crippen LogP contribution in [-0.4, -0.2) is 35.1 Å². The van der Waals surface area contributed by atoms with Crippen LogP contribution in [0.5, 0.6) is 0 Å². The lowest BCUT2D eigenvalue weighted by Gasteiger charge is -2.09. The van der Waals surface area contributed by atoms with E-state index in [4.69, 9.17) is 12.2 Å². The third-order valence-corrected chi connectivity index (χ3v) is 3.05. The van der Waals surface area contributed by atoms with Crippen molar-refractivity contribution in [3.8, 4) is 0 Å². The summed E-state index contributed by atoms with van der Waals surface area (Å²) in [5, 5.41) is 0. The maximum absolute atomic E-state index is 13.1. The van der Waals surface area contributed by atoms with E-state index < -0.39 is 0 Å². The van der Waals surface area contributed by atoms with Crippen molar-refractivity contribution in [2.24, 2.45) is 0 Å². The lowest BCUT2D eigenvalue weighted by molar-refractivity contribution is 0.387. The molecule has 1 heterocycles. The summed E-state index contributed by atoms with van der Waals surface area (Å²) in [6, 6.07) is 4.72. The van der Waals surface area contributed by atoms with Crippen molar-refractivity contribution >= 4 is 23.3 Å². The summed E-state index contributed by atoms with van der Waals surface area (Å²) in [5.41, 5.74) is 1.73. The molecule has 0 spiro atoms. The molecule has 17 heavy (non-hydrogen) atoms. The van der Waals surface area contributed by atoms with Crippen LogP contribution in [0.1, 0.15) is 6.42 Å². The van der Waals surface area contributed by atoms with Crippen LogP contribution in [-0.2, 0) is 6.54 Å². The van der Waals surface area contributed by atoms with Crippen LogP contribution in [0.25, 0.3) is 11.0 Å². The molecule has 0 atom stereocenters. The van der Waals surface area contributed by atoms with Gasteiger partial charge in [-0.15, -0.1) is 0 Å². The molecule has 0 amide bonds. The van der Waals surface area contributed by atoms with Crippen molar-refractivity contribution in [1.82, 2.24) is 14.5 Å². The molecule has 3 nitrogen and oxygen atoms in total. The molecular weight excluding hydrogens is 237 g/mol. The van der Waals surface area contributed by atoms with E-state index in [9.17, 15) is 4.39 Å². The predicted octanol–water partition coefficient (Wildman–Crippen LogP) is 2.79. The smallest absolute Gasteiger partial charge is 0.178 e. The Morgan fingerprint density at radius 3 is 2.88 bits per heavy atom. The van der Waals surface area contributed by atoms with Crippen molar-refractivity contribution < 1.29 is 4.39 Å². The maximum atomic E-state index is 13.1. The molecule has 1 aromatic carbocycles. The van der Waals surface area contributed by atoms with E-state index in [1.807, 2.05) is 18.7 Å². The highest BCUT2D eigenvalue weighted by molar-refractivity contribution is 7.71. The molecule has 2 rings (SSSR count). The highest BCUT2D eigenvalue weighted by Gasteiger charge is 2.05. The maximum Gasteiger partial charge on any atom is 0.178 e. The minimum Gasteiger partial charge on any atom is -0.330 e. The number of nitrogens with one attached hydrogen (secondary N) is 1. The fourth-order valence-electron chi connectivity index (χ4n) is 1.90. The van der Waals surface area contributed by atoms with Crippen molar-refractivity contribution in [2.75, 3.05) is 20.6 Å². The van der Waals surface area contributed by atoms with Gasteiger partial charge in [-0.25, -0.2) is 4.39 Å². The van der Waals surface area contributed by atoms with E-state index in [1.165, 1.54) is 12.1 Å². The van der Waals surface area contributed by atoms with Gasteiger partial charge in [-0.3, -0.25) is 0 Å². The Morgan fingerprint density at radius 1 is 1.41 bits per heavy atom. The number of rotatable bonds is 4. The number of hydrogen-bond acceptors (Lipinski definition) is 2. The highest BCUT2D eigenvalue weighted by Crippen LogP contribution is 2.15. The second-order valence-electron chi connectivity index (χ2n) is 4.40. The van der Waals surface area contributed by atoms with Crippen LogP contribution in [0.2, 0.25) is 0 Å². The van der Waals surface area contributed by atoms with Crippen molar-refractivity contribution in [3.63, 3.8) is 0 Å². The number of halogens is 1. The SMILES string of the molecule is CN(C)CCCn1c(=S)[nH]c2cc(F)ccc21. The number of imidazole rings is 1. The topological polar surface area (TPSA) is 24.0 Å². The van der Waals surface area contributed by atoms with Gasteiger partial charge in [-0.2, -0.15) is 0 Å². The van der Waals surface area contributed by atoms with E-state index in [1.54, 1.807) is 6.07 Å². The van der Waals surface area contributed by atoms with Gasteiger partial charge >= 0.3 is 0 Å². The lowest BCUT2D eigenvalue weighted by atomic mass is 10.3. The van der Waals surface area contributed by atoms with E-state index in [-0.39, 0.29) is 5.82 Å². The fourth-order valence-corrected chi connectivity index (χ4v) is 2.20. The summed E-state index contributed by atoms with van der Waals surface area (Å²) in [6.07, 6.45) is 1.02. The van der Waals surface area contributed by atoms with E-state index in [0.717, 1.165) is 30.5 Å². The summed E-state index contributed by atoms with van der Waals surface area (Å²) in [4.78, 5) is 5.17. The van der Waals surface area contributed by atoms with Gasteiger partial charge in [0, 0.05) is 6.54 Å². The monoisotopic (exact) mass is 253 g/mol. The Kier molecular flexibility index (Phi) is 3.59. The molecule has 0 radical (unpaired) electrons. The molecule has 1 N–H and O–H groups in total. The minimum absolute atomic E-state index is 0.241. The van der Waals surface area contributed by atoms with Crippen LogP contribution in [0.15, 0.2) is 18.2 Å². The average molecular weight is 253 g/mol. The Hall–Kier alpha value is -1.20. The van der Waals surface area contributed by atoms with E-state index >= 15 is 0 Å². The molecule has 0 unspecified atom stereocenters. The zero-order valence-corrected chi connectivity index (χ0v) is 10.9. The third kappa shape index (κ3) is 2.73. The van der Waals surface area contributed by atoms with Crippen molar-refractivity contribution in [3.05, 3.63) is 28.8 Å². The van der Waals surface area contributed by atoms with Crippen LogP contribution < -0.4 is 0 Å². The lowest BCUT2D eigenvalue weighted by Crippen LogP contribution is -2.15. The first-order chi connectivity index (χ1) is 8.08. The highest BCUT2D eigenvalue weighted by atomic mass is 32.1. The normalized spacial score (nSPS) is 11.5. The van der Waals surface area contributed by atoms with Gasteiger partial charge in [0.15, 0.2) is 4.77 Å². The molecule has 0 saturated heterocycles. The van der Waals surface area contributed by atoms with Gasteiger partial charge in [0.2, 0.25) is 0 Å². The predicted molar refractivity (Wildman–Crippen MR) is 70.3 cm³/mol. The number of H-pyrrole nitrogens is 1. The van der Waals surface area contributed by atoms with Gasteiger partial charge in [0.05, 0.1) is 11.0 Å². The second kappa shape index (κ2) is 4.98. The van der Waals surface area contributed by atoms with Crippen LogP contribution in [0.3, 0.4) is 0 Å². The average Bonchev–Trinajstić information content (AvgIpc) is 2.54. The van der Waals surface area contributed by atoms with E-state index in [0.29, 0.717) is 4.77 Å². The Labute approximate surface area is 105 Å². The minimum atomic E-state index is -0.241. The van der Waals surface area contributed by atoms with Gasteiger partial charge < -0.3 is 14.5 Å². The Morgan fingerprint density at radius 2 is 2.18 bits per heavy atom. The number of benzene rings is 1. The fraction of sp³-hybridized carbons (Fsp3) is 0.417. The molecule has 0 aliphatic carbocycles. The van der Waals surface area contributed by atoms with Crippen molar-refractivity contribution in [1.29, 1.82) is 0 Å². The largest absolute Gasteiger partial charge is 0.330 e. The molecule has 0 fully saturated rings. The Balaban J connectivity index is 2.27. The van der Waals surface area contributed by atoms with Gasteiger partial charge in [-0.1, -0.05) is 0 Å². The molecule has 5 heteroatoms. The van der Waals surface area contributed by atoms with Crippen LogP contribution >= 0.6 is 12.2 Å². The quantitative estimate of drug-likeness (QED) is 0.847.